The molecule has 1 aliphatic carbocycles. The molecule has 9 nitrogen and oxygen atoms in total. The molecular formula is C24H17ClF12N4O5S. The highest BCUT2D eigenvalue weighted by molar-refractivity contribution is 7.88. The van der Waals surface area contributed by atoms with Gasteiger partial charge in [0, 0.05) is 31.3 Å². The molecule has 1 fully saturated rings. The summed E-state index contributed by atoms with van der Waals surface area (Å²) in [4.78, 5) is 14.6. The van der Waals surface area contributed by atoms with Crippen molar-refractivity contribution < 1.29 is 74.6 Å². The van der Waals surface area contributed by atoms with Crippen LogP contribution in [0.25, 0.3) is 22.7 Å². The molecule has 0 spiro atoms. The number of rotatable bonds is 10. The number of carbonyl (C=O) groups is 1. The van der Waals surface area contributed by atoms with E-state index in [0.29, 0.717) is 13.6 Å². The summed E-state index contributed by atoms with van der Waals surface area (Å²) in [5.74, 6) is -18.8. The van der Waals surface area contributed by atoms with Crippen molar-refractivity contribution in [3.8, 4) is 28.6 Å². The van der Waals surface area contributed by atoms with Gasteiger partial charge in [0.15, 0.2) is 5.76 Å². The van der Waals surface area contributed by atoms with E-state index in [9.17, 15) is 65.9 Å². The number of aromatic nitrogens is 3. The molecule has 0 aliphatic heterocycles. The second kappa shape index (κ2) is 11.5. The second-order valence-corrected chi connectivity index (χ2v) is 11.9. The molecule has 23 heteroatoms. The number of alkyl halides is 12. The Morgan fingerprint density at radius 1 is 1.02 bits per heavy atom. The third-order valence-corrected chi connectivity index (χ3v) is 8.33. The van der Waals surface area contributed by atoms with Crippen LogP contribution in [-0.2, 0) is 23.3 Å². The minimum atomic E-state index is -7.78. The fourth-order valence-corrected chi connectivity index (χ4v) is 5.32. The molecule has 260 valence electrons. The summed E-state index contributed by atoms with van der Waals surface area (Å²) < 4.78 is 194. The largest absolute Gasteiger partial charge is 0.460 e. The van der Waals surface area contributed by atoms with Gasteiger partial charge in [0.2, 0.25) is 0 Å². The van der Waals surface area contributed by atoms with Crippen LogP contribution >= 0.6 is 11.6 Å². The van der Waals surface area contributed by atoms with Gasteiger partial charge >= 0.3 is 39.6 Å². The number of amides is 1. The summed E-state index contributed by atoms with van der Waals surface area (Å²) in [5.41, 5.74) is -4.59. The lowest BCUT2D eigenvalue weighted by Crippen LogP contribution is -2.63. The molecule has 1 aromatic carbocycles. The van der Waals surface area contributed by atoms with E-state index in [4.69, 9.17) is 16.1 Å². The maximum atomic E-state index is 14.2. The predicted octanol–water partition coefficient (Wildman–Crippen LogP) is 7.17. The van der Waals surface area contributed by atoms with Gasteiger partial charge in [0.25, 0.3) is 11.8 Å². The lowest BCUT2D eigenvalue weighted by Gasteiger charge is -2.32. The normalized spacial score (nSPS) is 15.2. The molecule has 4 rings (SSSR count). The van der Waals surface area contributed by atoms with E-state index in [0.717, 1.165) is 18.9 Å². The van der Waals surface area contributed by atoms with Crippen molar-refractivity contribution >= 4 is 27.6 Å². The summed E-state index contributed by atoms with van der Waals surface area (Å²) in [6.07, 6.45) is -11.8. The van der Waals surface area contributed by atoms with Gasteiger partial charge in [-0.25, -0.2) is 0 Å². The van der Waals surface area contributed by atoms with Crippen LogP contribution < -0.4 is 4.18 Å². The zero-order valence-corrected chi connectivity index (χ0v) is 24.7. The van der Waals surface area contributed by atoms with Crippen LogP contribution in [0.2, 0.25) is 5.02 Å². The van der Waals surface area contributed by atoms with Crippen molar-refractivity contribution in [3.05, 3.63) is 40.4 Å². The van der Waals surface area contributed by atoms with Gasteiger partial charge in [-0.2, -0.15) is 61.1 Å². The number of benzene rings is 1. The van der Waals surface area contributed by atoms with E-state index in [1.165, 1.54) is 23.1 Å². The minimum absolute atomic E-state index is 0.00181. The number of hydrogen-bond acceptors (Lipinski definition) is 7. The lowest BCUT2D eigenvalue weighted by molar-refractivity contribution is -0.382. The highest BCUT2D eigenvalue weighted by atomic mass is 35.5. The molecule has 0 unspecified atom stereocenters. The zero-order chi connectivity index (χ0) is 35.7. The quantitative estimate of drug-likeness (QED) is 0.161. The van der Waals surface area contributed by atoms with E-state index < -0.39 is 68.3 Å². The Balaban J connectivity index is 1.76. The highest BCUT2D eigenvalue weighted by Gasteiger charge is 2.86. The number of hydrogen-bond donors (Lipinski definition) is 0. The van der Waals surface area contributed by atoms with E-state index >= 15 is 0 Å². The number of nitrogens with zero attached hydrogens (tertiary/aromatic N) is 4. The maximum Gasteiger partial charge on any atom is 0.460 e. The molecule has 1 saturated carbocycles. The van der Waals surface area contributed by atoms with E-state index in [-0.39, 0.29) is 32.6 Å². The molecule has 0 bridgehead atoms. The Hall–Kier alpha value is -3.69. The molecule has 0 saturated heterocycles. The predicted molar refractivity (Wildman–Crippen MR) is 134 cm³/mol. The first-order valence-corrected chi connectivity index (χ1v) is 14.4. The summed E-state index contributed by atoms with van der Waals surface area (Å²) >= 11 is 6.17. The van der Waals surface area contributed by atoms with Crippen LogP contribution in [0.15, 0.2) is 28.8 Å². The Morgan fingerprint density at radius 2 is 1.62 bits per heavy atom. The van der Waals surface area contributed by atoms with Gasteiger partial charge in [-0.15, -0.1) is 5.10 Å². The van der Waals surface area contributed by atoms with Gasteiger partial charge < -0.3 is 13.6 Å². The lowest BCUT2D eigenvalue weighted by atomic mass is 10.1. The fourth-order valence-electron chi connectivity index (χ4n) is 4.25. The third kappa shape index (κ3) is 6.08. The van der Waals surface area contributed by atoms with Gasteiger partial charge in [0.1, 0.15) is 17.0 Å². The second-order valence-electron chi connectivity index (χ2n) is 9.94. The number of carbonyl (C=O) groups excluding carboxylic acids is 1. The van der Waals surface area contributed by atoms with Crippen molar-refractivity contribution in [3.63, 3.8) is 0 Å². The maximum absolute atomic E-state index is 14.2. The van der Waals surface area contributed by atoms with Crippen molar-refractivity contribution in [1.29, 1.82) is 0 Å². The summed E-state index contributed by atoms with van der Waals surface area (Å²) in [7, 11) is -7.16. The van der Waals surface area contributed by atoms with Crippen molar-refractivity contribution in [2.75, 3.05) is 6.54 Å². The van der Waals surface area contributed by atoms with E-state index in [1.807, 2.05) is 0 Å². The SMILES string of the molecule is CCN(C(=O)c1cc(-c2cc(-c3c(C(F)(F)F)c(OS(=O)(=O)C(F)(F)C(F)(F)C(F)(F)C(F)(F)F)nn3C)no2)ccc1Cl)C1CC1. The standard InChI is InChI=1S/C24H17ClF12N4O5S/c1-3-41(11-5-6-11)19(42)12-8-10(4-7-13(12)25)15-9-14(39-45-15)17-16(20(26,27)28)18(38-40(17)2)46-47(43,44)24(36,37)22(31,32)21(29,30)23(33,34)35/h4,7-9,11H,3,5-6H2,1-2H3. The Kier molecular flexibility index (Phi) is 8.83. The summed E-state index contributed by atoms with van der Waals surface area (Å²) in [6.45, 7) is 2.04. The highest BCUT2D eigenvalue weighted by Crippen LogP contribution is 2.55. The third-order valence-electron chi connectivity index (χ3n) is 6.74. The average molecular weight is 737 g/mol. The molecule has 2 heterocycles. The van der Waals surface area contributed by atoms with Crippen LogP contribution in [0, 0.1) is 0 Å². The van der Waals surface area contributed by atoms with Crippen molar-refractivity contribution in [1.82, 2.24) is 19.8 Å². The summed E-state index contributed by atoms with van der Waals surface area (Å²) in [6, 6.07) is 4.49. The van der Waals surface area contributed by atoms with Crippen LogP contribution in [0.4, 0.5) is 52.7 Å². The first kappa shape index (κ1) is 36.2. The Morgan fingerprint density at radius 3 is 2.13 bits per heavy atom. The van der Waals surface area contributed by atoms with Crippen LogP contribution in [0.1, 0.15) is 35.7 Å². The van der Waals surface area contributed by atoms with Crippen molar-refractivity contribution in [2.45, 2.75) is 55.3 Å². The Labute approximate surface area is 260 Å². The Bertz CT molecular complexity index is 1800. The van der Waals surface area contributed by atoms with Crippen molar-refractivity contribution in [2.24, 2.45) is 7.05 Å². The van der Waals surface area contributed by atoms with Crippen LogP contribution in [-0.4, -0.2) is 70.0 Å². The topological polar surface area (TPSA) is 108 Å². The van der Waals surface area contributed by atoms with Gasteiger partial charge in [-0.1, -0.05) is 16.8 Å². The number of halogens is 13. The molecule has 3 aromatic rings. The minimum Gasteiger partial charge on any atom is -0.356 e. The molecular weight excluding hydrogens is 720 g/mol. The van der Waals surface area contributed by atoms with Gasteiger partial charge in [-0.05, 0) is 38.0 Å². The molecule has 47 heavy (non-hydrogen) atoms. The first-order chi connectivity index (χ1) is 21.3. The van der Waals surface area contributed by atoms with Crippen LogP contribution in [0.3, 0.4) is 0 Å². The van der Waals surface area contributed by atoms with Gasteiger partial charge in [0.05, 0.1) is 10.6 Å². The molecule has 1 aliphatic rings. The molecule has 2 aromatic heterocycles. The van der Waals surface area contributed by atoms with E-state index in [1.54, 1.807) is 6.92 Å². The smallest absolute Gasteiger partial charge is 0.356 e. The monoisotopic (exact) mass is 736 g/mol. The average Bonchev–Trinajstić information content (AvgIpc) is 3.54. The molecule has 0 atom stereocenters. The molecule has 0 radical (unpaired) electrons. The summed E-state index contributed by atoms with van der Waals surface area (Å²) in [5, 5.41) is -1.19. The molecule has 1 amide bonds. The van der Waals surface area contributed by atoms with Crippen LogP contribution in [0.5, 0.6) is 5.88 Å². The number of aryl methyl sites for hydroxylation is 1. The molecule has 0 N–H and O–H groups in total. The first-order valence-electron chi connectivity index (χ1n) is 12.7. The van der Waals surface area contributed by atoms with E-state index in [2.05, 4.69) is 14.4 Å². The zero-order valence-electron chi connectivity index (χ0n) is 23.2. The fraction of sp³-hybridized carbons (Fsp3) is 0.458. The van der Waals surface area contributed by atoms with Gasteiger partial charge in [-0.3, -0.25) is 9.48 Å².